The van der Waals surface area contributed by atoms with Gasteiger partial charge >= 0.3 is 5.97 Å². The van der Waals surface area contributed by atoms with E-state index < -0.39 is 0 Å². The average molecular weight is 429 g/mol. The highest BCUT2D eigenvalue weighted by Gasteiger charge is 2.58. The Hall–Kier alpha value is -0.790. The molecule has 0 amide bonds. The molecule has 3 fully saturated rings. The quantitative estimate of drug-likeness (QED) is 0.317. The highest BCUT2D eigenvalue weighted by Crippen LogP contribution is 2.66. The van der Waals surface area contributed by atoms with E-state index in [2.05, 4.69) is 40.7 Å². The lowest BCUT2D eigenvalue weighted by Gasteiger charge is -2.60. The second-order valence-electron chi connectivity index (χ2n) is 12.8. The second-order valence-corrected chi connectivity index (χ2v) is 12.8. The monoisotopic (exact) mass is 428 g/mol. The number of carbonyl (C=O) groups excluding carboxylic acids is 1. The van der Waals surface area contributed by atoms with Crippen LogP contribution in [0.4, 0.5) is 0 Å². The fourth-order valence-corrected chi connectivity index (χ4v) is 8.83. The van der Waals surface area contributed by atoms with Crippen LogP contribution in [0, 0.1) is 46.3 Å². The molecule has 31 heavy (non-hydrogen) atoms. The molecule has 2 heteroatoms. The molecule has 0 N–H and O–H groups in total. The first-order valence-electron chi connectivity index (χ1n) is 13.5. The third-order valence-electron chi connectivity index (χ3n) is 10.5. The van der Waals surface area contributed by atoms with Gasteiger partial charge in [0, 0.05) is 6.92 Å². The highest BCUT2D eigenvalue weighted by molar-refractivity contribution is 5.66. The lowest BCUT2D eigenvalue weighted by atomic mass is 9.45. The summed E-state index contributed by atoms with van der Waals surface area (Å²) >= 11 is 0. The summed E-state index contributed by atoms with van der Waals surface area (Å²) in [5, 5.41) is 0. The first-order chi connectivity index (χ1) is 14.6. The van der Waals surface area contributed by atoms with E-state index >= 15 is 0 Å². The van der Waals surface area contributed by atoms with E-state index in [1.807, 2.05) is 5.57 Å². The lowest BCUT2D eigenvalue weighted by molar-refractivity contribution is -0.155. The molecule has 0 bridgehead atoms. The minimum atomic E-state index is -0.0969. The smallest absolute Gasteiger partial charge is 0.302 e. The maximum absolute atomic E-state index is 11.5. The number of hydrogen-bond donors (Lipinski definition) is 0. The number of hydrogen-bond acceptors (Lipinski definition) is 2. The van der Waals surface area contributed by atoms with Gasteiger partial charge in [-0.05, 0) is 97.7 Å². The molecule has 4 aliphatic carbocycles. The van der Waals surface area contributed by atoms with Gasteiger partial charge in [0.05, 0.1) is 0 Å². The summed E-state index contributed by atoms with van der Waals surface area (Å²) in [5.41, 5.74) is 2.77. The first-order valence-corrected chi connectivity index (χ1v) is 13.5. The Morgan fingerprint density at radius 1 is 1.10 bits per heavy atom. The van der Waals surface area contributed by atoms with Crippen LogP contribution in [0.2, 0.25) is 0 Å². The van der Waals surface area contributed by atoms with Crippen LogP contribution in [0.1, 0.15) is 112 Å². The van der Waals surface area contributed by atoms with Gasteiger partial charge in [0.2, 0.25) is 0 Å². The van der Waals surface area contributed by atoms with E-state index in [0.29, 0.717) is 10.8 Å². The molecule has 8 atom stereocenters. The van der Waals surface area contributed by atoms with Crippen molar-refractivity contribution in [2.45, 2.75) is 118 Å². The number of ether oxygens (including phenoxy) is 1. The van der Waals surface area contributed by atoms with E-state index in [1.165, 1.54) is 57.8 Å². The molecule has 0 aromatic rings. The van der Waals surface area contributed by atoms with Crippen molar-refractivity contribution in [1.29, 1.82) is 0 Å². The van der Waals surface area contributed by atoms with Gasteiger partial charge in [-0.3, -0.25) is 4.79 Å². The highest BCUT2D eigenvalue weighted by atomic mass is 16.5. The Balaban J connectivity index is 1.44. The average Bonchev–Trinajstić information content (AvgIpc) is 3.05. The van der Waals surface area contributed by atoms with Gasteiger partial charge in [-0.15, -0.1) is 0 Å². The van der Waals surface area contributed by atoms with E-state index in [1.54, 1.807) is 6.92 Å². The van der Waals surface area contributed by atoms with E-state index in [9.17, 15) is 4.79 Å². The SMILES string of the molecule is CC(=O)OC1CCC2(C)C(CCC3C4=CCC(C(C)CCCC(C)C)C4(C)CCC32)C1. The van der Waals surface area contributed by atoms with Crippen LogP contribution in [0.5, 0.6) is 0 Å². The van der Waals surface area contributed by atoms with Gasteiger partial charge in [-0.25, -0.2) is 0 Å². The molecule has 0 heterocycles. The maximum atomic E-state index is 11.5. The van der Waals surface area contributed by atoms with Crippen molar-refractivity contribution < 1.29 is 9.53 Å². The van der Waals surface area contributed by atoms with Crippen molar-refractivity contribution in [2.24, 2.45) is 46.3 Å². The van der Waals surface area contributed by atoms with Gasteiger partial charge in [0.15, 0.2) is 0 Å². The van der Waals surface area contributed by atoms with Crippen LogP contribution >= 0.6 is 0 Å². The second kappa shape index (κ2) is 8.86. The standard InChI is InChI=1S/C29H48O2/c1-19(2)8-7-9-20(3)25-12-13-26-24-11-10-22-18-23(31-21(4)30)14-16-28(22,5)27(24)15-17-29(25,26)6/h13,19-20,22-25,27H,7-12,14-18H2,1-6H3. The molecule has 2 nitrogen and oxygen atoms in total. The van der Waals surface area contributed by atoms with Gasteiger partial charge < -0.3 is 4.74 Å². The number of rotatable bonds is 6. The maximum Gasteiger partial charge on any atom is 0.302 e. The molecule has 0 spiro atoms. The molecule has 0 aromatic carbocycles. The summed E-state index contributed by atoms with van der Waals surface area (Å²) < 4.78 is 5.64. The zero-order valence-electron chi connectivity index (χ0n) is 21.2. The molecule has 0 aromatic heterocycles. The molecule has 176 valence electrons. The summed E-state index contributed by atoms with van der Waals surface area (Å²) in [6.45, 7) is 14.1. The van der Waals surface area contributed by atoms with E-state index in [0.717, 1.165) is 48.3 Å². The Bertz CT molecular complexity index is 693. The van der Waals surface area contributed by atoms with Crippen molar-refractivity contribution >= 4 is 5.97 Å². The van der Waals surface area contributed by atoms with Crippen LogP contribution in [0.3, 0.4) is 0 Å². The van der Waals surface area contributed by atoms with Crippen LogP contribution in [0.25, 0.3) is 0 Å². The Labute approximate surface area is 192 Å². The molecular weight excluding hydrogens is 380 g/mol. The van der Waals surface area contributed by atoms with Crippen molar-refractivity contribution in [2.75, 3.05) is 0 Å². The summed E-state index contributed by atoms with van der Waals surface area (Å²) in [7, 11) is 0. The largest absolute Gasteiger partial charge is 0.463 e. The van der Waals surface area contributed by atoms with Crippen molar-refractivity contribution in [1.82, 2.24) is 0 Å². The van der Waals surface area contributed by atoms with Gasteiger partial charge in [-0.2, -0.15) is 0 Å². The fourth-order valence-electron chi connectivity index (χ4n) is 8.83. The summed E-state index contributed by atoms with van der Waals surface area (Å²) in [6, 6.07) is 0. The Morgan fingerprint density at radius 2 is 1.87 bits per heavy atom. The molecule has 8 unspecified atom stereocenters. The summed E-state index contributed by atoms with van der Waals surface area (Å²) in [5.74, 6) is 4.85. The van der Waals surface area contributed by atoms with Gasteiger partial charge in [0.25, 0.3) is 0 Å². The molecule has 0 aliphatic heterocycles. The van der Waals surface area contributed by atoms with Crippen LogP contribution in [0.15, 0.2) is 11.6 Å². The summed E-state index contributed by atoms with van der Waals surface area (Å²) in [4.78, 5) is 11.5. The first kappa shape index (κ1) is 23.4. The number of fused-ring (bicyclic) bond motifs is 5. The molecule has 0 radical (unpaired) electrons. The third kappa shape index (κ3) is 4.26. The Kier molecular flexibility index (Phi) is 6.68. The summed E-state index contributed by atoms with van der Waals surface area (Å²) in [6.07, 6.45) is 17.3. The van der Waals surface area contributed by atoms with Crippen molar-refractivity contribution in [3.8, 4) is 0 Å². The zero-order valence-corrected chi connectivity index (χ0v) is 21.2. The van der Waals surface area contributed by atoms with E-state index in [-0.39, 0.29) is 12.1 Å². The van der Waals surface area contributed by atoms with Gasteiger partial charge in [-0.1, -0.05) is 65.5 Å². The third-order valence-corrected chi connectivity index (χ3v) is 10.5. The van der Waals surface area contributed by atoms with Crippen LogP contribution in [-0.2, 0) is 9.53 Å². The minimum absolute atomic E-state index is 0.0969. The molecule has 3 saturated carbocycles. The van der Waals surface area contributed by atoms with Crippen molar-refractivity contribution in [3.63, 3.8) is 0 Å². The predicted octanol–water partition coefficient (Wildman–Crippen LogP) is 7.96. The topological polar surface area (TPSA) is 26.3 Å². The van der Waals surface area contributed by atoms with Crippen molar-refractivity contribution in [3.05, 3.63) is 11.6 Å². The number of carbonyl (C=O) groups is 1. The Morgan fingerprint density at radius 3 is 2.58 bits per heavy atom. The van der Waals surface area contributed by atoms with Crippen LogP contribution < -0.4 is 0 Å². The predicted molar refractivity (Wildman–Crippen MR) is 129 cm³/mol. The molecular formula is C29H48O2. The minimum Gasteiger partial charge on any atom is -0.463 e. The molecule has 4 aliphatic rings. The molecule has 4 rings (SSSR count). The number of allylic oxidation sites excluding steroid dienone is 2. The van der Waals surface area contributed by atoms with Crippen LogP contribution in [-0.4, -0.2) is 12.1 Å². The lowest BCUT2D eigenvalue weighted by Crippen LogP contribution is -2.52. The molecule has 0 saturated heterocycles. The van der Waals surface area contributed by atoms with Gasteiger partial charge in [0.1, 0.15) is 6.10 Å². The van der Waals surface area contributed by atoms with E-state index in [4.69, 9.17) is 4.74 Å². The zero-order chi connectivity index (χ0) is 22.4. The fraction of sp³-hybridized carbons (Fsp3) is 0.897. The number of esters is 1. The normalized spacial score (nSPS) is 42.9.